The lowest BCUT2D eigenvalue weighted by molar-refractivity contribution is -0.161. The van der Waals surface area contributed by atoms with Crippen LogP contribution in [0.4, 0.5) is 0 Å². The standard InChI is InChI=1S/C82H160O17P2/c1-9-74(7)60-52-44-36-28-21-17-14-15-18-22-29-38-46-54-62-79(84)92-68-77(98-81(86)64-56-48-40-30-23-19-13-11-12-16-20-26-34-42-50-58-72(3)4)70-96-100(88,89)94-66-76(83)67-95-101(90,91)97-71-78(69-93-80(85)63-55-47-39-33-32-37-45-53-61-75(8)10-2)99-82(87)65-57-49-41-31-25-24-27-35-43-51-59-73(5)6/h72-78,83H,9-71H2,1-8H3,(H,88,89)(H,90,91)/t74?,75?,76-,77-,78-/m1/s1. The highest BCUT2D eigenvalue weighted by Gasteiger charge is 2.30. The van der Waals surface area contributed by atoms with E-state index in [2.05, 4.69) is 55.4 Å². The third-order valence-electron chi connectivity index (χ3n) is 19.8. The lowest BCUT2D eigenvalue weighted by Crippen LogP contribution is -2.30. The van der Waals surface area contributed by atoms with Gasteiger partial charge in [0.05, 0.1) is 26.4 Å². The van der Waals surface area contributed by atoms with Gasteiger partial charge < -0.3 is 33.8 Å². The van der Waals surface area contributed by atoms with E-state index in [0.717, 1.165) is 114 Å². The van der Waals surface area contributed by atoms with E-state index < -0.39 is 97.5 Å². The average Bonchev–Trinajstić information content (AvgIpc) is 0.930. The number of ether oxygens (including phenoxy) is 4. The van der Waals surface area contributed by atoms with E-state index in [-0.39, 0.29) is 25.7 Å². The lowest BCUT2D eigenvalue weighted by atomic mass is 9.99. The van der Waals surface area contributed by atoms with Crippen LogP contribution in [0.2, 0.25) is 0 Å². The first-order valence-electron chi connectivity index (χ1n) is 42.3. The minimum atomic E-state index is -4.96. The molecule has 0 aliphatic rings. The highest BCUT2D eigenvalue weighted by atomic mass is 31.2. The van der Waals surface area contributed by atoms with Gasteiger partial charge in [0.15, 0.2) is 12.2 Å². The Balaban J connectivity index is 5.27. The molecule has 0 aromatic carbocycles. The highest BCUT2D eigenvalue weighted by molar-refractivity contribution is 7.47. The summed E-state index contributed by atoms with van der Waals surface area (Å²) in [6.07, 6.45) is 58.1. The molecule has 0 saturated heterocycles. The van der Waals surface area contributed by atoms with Gasteiger partial charge in [0.1, 0.15) is 19.3 Å². The molecule has 19 heteroatoms. The van der Waals surface area contributed by atoms with Gasteiger partial charge in [0.2, 0.25) is 0 Å². The second kappa shape index (κ2) is 71.0. The Morgan fingerprint density at radius 3 is 0.703 bits per heavy atom. The van der Waals surface area contributed by atoms with Crippen LogP contribution in [0.5, 0.6) is 0 Å². The summed E-state index contributed by atoms with van der Waals surface area (Å²) in [5.41, 5.74) is 0. The lowest BCUT2D eigenvalue weighted by Gasteiger charge is -2.21. The van der Waals surface area contributed by atoms with Crippen molar-refractivity contribution in [3.05, 3.63) is 0 Å². The average molecular weight is 1480 g/mol. The molecule has 0 bridgehead atoms. The molecule has 0 fully saturated rings. The number of carbonyl (C=O) groups excluding carboxylic acids is 4. The Labute approximate surface area is 619 Å². The minimum Gasteiger partial charge on any atom is -0.462 e. The van der Waals surface area contributed by atoms with Crippen molar-refractivity contribution in [1.29, 1.82) is 0 Å². The molecule has 0 aromatic heterocycles. The number of hydrogen-bond donors (Lipinski definition) is 3. The van der Waals surface area contributed by atoms with Gasteiger partial charge in [0, 0.05) is 25.7 Å². The zero-order valence-corrected chi connectivity index (χ0v) is 68.3. The fraction of sp³-hybridized carbons (Fsp3) is 0.951. The van der Waals surface area contributed by atoms with Crippen molar-refractivity contribution in [3.63, 3.8) is 0 Å². The first kappa shape index (κ1) is 99.1. The van der Waals surface area contributed by atoms with Crippen LogP contribution in [0, 0.1) is 23.7 Å². The Hall–Kier alpha value is -1.94. The SMILES string of the molecule is CCC(C)CCCCCCCCCCCCCCCCC(=O)OC[C@H](COP(=O)(O)OC[C@@H](O)COP(=O)(O)OC[C@@H](COC(=O)CCCCCCCCCCC(C)CC)OC(=O)CCCCCCCCCCCCC(C)C)OC(=O)CCCCCCCCCCCCCCCCCC(C)C. The third kappa shape index (κ3) is 73.4. The third-order valence-corrected chi connectivity index (χ3v) is 21.7. The van der Waals surface area contributed by atoms with Crippen molar-refractivity contribution in [2.45, 2.75) is 440 Å². The van der Waals surface area contributed by atoms with Gasteiger partial charge in [0.25, 0.3) is 0 Å². The van der Waals surface area contributed by atoms with Crippen LogP contribution >= 0.6 is 15.6 Å². The Bertz CT molecular complexity index is 1980. The van der Waals surface area contributed by atoms with Crippen LogP contribution in [0.25, 0.3) is 0 Å². The molecule has 0 aliphatic heterocycles. The first-order valence-corrected chi connectivity index (χ1v) is 45.3. The number of phosphoric ester groups is 2. The molecule has 0 aliphatic carbocycles. The maximum Gasteiger partial charge on any atom is 0.472 e. The minimum absolute atomic E-state index is 0.105. The highest BCUT2D eigenvalue weighted by Crippen LogP contribution is 2.45. The maximum atomic E-state index is 13.1. The summed E-state index contributed by atoms with van der Waals surface area (Å²) in [5, 5.41) is 10.7. The van der Waals surface area contributed by atoms with E-state index in [1.54, 1.807) is 0 Å². The number of phosphoric acid groups is 2. The molecule has 17 nitrogen and oxygen atoms in total. The smallest absolute Gasteiger partial charge is 0.462 e. The van der Waals surface area contributed by atoms with Crippen LogP contribution in [-0.2, 0) is 65.4 Å². The van der Waals surface area contributed by atoms with Crippen LogP contribution in [0.15, 0.2) is 0 Å². The number of esters is 4. The first-order chi connectivity index (χ1) is 48.7. The van der Waals surface area contributed by atoms with E-state index >= 15 is 0 Å². The molecule has 7 atom stereocenters. The Kier molecular flexibility index (Phi) is 69.6. The van der Waals surface area contributed by atoms with Gasteiger partial charge in [-0.05, 0) is 49.4 Å². The summed E-state index contributed by atoms with van der Waals surface area (Å²) >= 11 is 0. The van der Waals surface area contributed by atoms with Gasteiger partial charge in [-0.3, -0.25) is 37.3 Å². The topological polar surface area (TPSA) is 237 Å². The molecule has 0 rings (SSSR count). The van der Waals surface area contributed by atoms with Gasteiger partial charge in [-0.25, -0.2) is 9.13 Å². The predicted octanol–water partition coefficient (Wildman–Crippen LogP) is 24.4. The summed E-state index contributed by atoms with van der Waals surface area (Å²) in [6.45, 7) is 14.3. The van der Waals surface area contributed by atoms with Crippen LogP contribution in [-0.4, -0.2) is 96.7 Å². The fourth-order valence-electron chi connectivity index (χ4n) is 12.5. The van der Waals surface area contributed by atoms with Gasteiger partial charge in [-0.15, -0.1) is 0 Å². The second-order valence-corrected chi connectivity index (χ2v) is 33.9. The Morgan fingerprint density at radius 2 is 0.475 bits per heavy atom. The molecule has 0 heterocycles. The molecule has 0 radical (unpaired) electrons. The molecule has 0 spiro atoms. The zero-order valence-electron chi connectivity index (χ0n) is 66.5. The number of unbranched alkanes of at least 4 members (excludes halogenated alkanes) is 43. The quantitative estimate of drug-likeness (QED) is 0.0222. The summed E-state index contributed by atoms with van der Waals surface area (Å²) in [6, 6.07) is 0. The molecule has 0 amide bonds. The number of aliphatic hydroxyl groups excluding tert-OH is 1. The van der Waals surface area contributed by atoms with Crippen molar-refractivity contribution >= 4 is 39.5 Å². The summed E-state index contributed by atoms with van der Waals surface area (Å²) in [7, 11) is -9.92. The van der Waals surface area contributed by atoms with E-state index in [0.29, 0.717) is 25.7 Å². The number of aliphatic hydroxyl groups is 1. The molecule has 101 heavy (non-hydrogen) atoms. The van der Waals surface area contributed by atoms with Crippen LogP contribution in [0.1, 0.15) is 421 Å². The maximum absolute atomic E-state index is 13.1. The van der Waals surface area contributed by atoms with Crippen molar-refractivity contribution in [2.24, 2.45) is 23.7 Å². The van der Waals surface area contributed by atoms with Crippen molar-refractivity contribution in [3.8, 4) is 0 Å². The van der Waals surface area contributed by atoms with Crippen LogP contribution < -0.4 is 0 Å². The normalized spacial score (nSPS) is 14.5. The molecule has 3 N–H and O–H groups in total. The molecular formula is C82H160O17P2. The van der Waals surface area contributed by atoms with Gasteiger partial charge >= 0.3 is 39.5 Å². The van der Waals surface area contributed by atoms with Crippen molar-refractivity contribution in [1.82, 2.24) is 0 Å². The monoisotopic (exact) mass is 1480 g/mol. The number of hydrogen-bond acceptors (Lipinski definition) is 15. The summed E-state index contributed by atoms with van der Waals surface area (Å²) in [5.74, 6) is 1.07. The molecule has 0 aromatic rings. The zero-order chi connectivity index (χ0) is 74.6. The molecule has 0 saturated carbocycles. The van der Waals surface area contributed by atoms with E-state index in [4.69, 9.17) is 37.0 Å². The van der Waals surface area contributed by atoms with E-state index in [1.165, 1.54) is 225 Å². The van der Waals surface area contributed by atoms with Crippen LogP contribution in [0.3, 0.4) is 0 Å². The largest absolute Gasteiger partial charge is 0.472 e. The Morgan fingerprint density at radius 1 is 0.277 bits per heavy atom. The van der Waals surface area contributed by atoms with E-state index in [9.17, 15) is 43.2 Å². The molecular weight excluding hydrogens is 1320 g/mol. The van der Waals surface area contributed by atoms with Gasteiger partial charge in [-0.1, -0.05) is 370 Å². The second-order valence-electron chi connectivity index (χ2n) is 31.0. The predicted molar refractivity (Wildman–Crippen MR) is 414 cm³/mol. The fourth-order valence-corrected chi connectivity index (χ4v) is 14.1. The molecule has 4 unspecified atom stereocenters. The van der Waals surface area contributed by atoms with E-state index in [1.807, 2.05) is 0 Å². The number of carbonyl (C=O) groups is 4. The number of rotatable bonds is 79. The molecule has 600 valence electrons. The van der Waals surface area contributed by atoms with Crippen molar-refractivity contribution < 1.29 is 80.2 Å². The summed E-state index contributed by atoms with van der Waals surface area (Å²) in [4.78, 5) is 73.1. The van der Waals surface area contributed by atoms with Gasteiger partial charge in [-0.2, -0.15) is 0 Å². The van der Waals surface area contributed by atoms with Crippen molar-refractivity contribution in [2.75, 3.05) is 39.6 Å². The summed E-state index contributed by atoms with van der Waals surface area (Å²) < 4.78 is 68.8.